The van der Waals surface area contributed by atoms with Gasteiger partial charge in [-0.1, -0.05) is 121 Å². The van der Waals surface area contributed by atoms with Crippen molar-refractivity contribution in [3.63, 3.8) is 0 Å². The van der Waals surface area contributed by atoms with Crippen LogP contribution >= 0.6 is 0 Å². The monoisotopic (exact) mass is 658 g/mol. The standard InChI is InChI=1S/C41H65B2NO4/c1-11-13-15-17-19-21-25-31(26-22-20-18-16-14-12-2)44-35-28-24-23-27-32(35)33-29-30-34(42-45-38(3,4)39(5,6)46-42)36(37(33)44)43-47-40(7,8)41(9,10)48-43/h23-24,27-31H,11-22,25-26H2,1-10H3. The van der Waals surface area contributed by atoms with Gasteiger partial charge in [0.05, 0.1) is 22.4 Å². The molecule has 0 unspecified atom stereocenters. The molecule has 0 aliphatic carbocycles. The minimum absolute atomic E-state index is 0.388. The Kier molecular flexibility index (Phi) is 11.9. The van der Waals surface area contributed by atoms with E-state index in [0.29, 0.717) is 6.04 Å². The lowest BCUT2D eigenvalue weighted by atomic mass is 9.64. The van der Waals surface area contributed by atoms with E-state index < -0.39 is 36.6 Å². The van der Waals surface area contributed by atoms with Crippen LogP contribution in [0.4, 0.5) is 0 Å². The molecule has 2 saturated heterocycles. The maximum Gasteiger partial charge on any atom is 0.496 e. The molecular weight excluding hydrogens is 592 g/mol. The van der Waals surface area contributed by atoms with Gasteiger partial charge in [-0.3, -0.25) is 0 Å². The summed E-state index contributed by atoms with van der Waals surface area (Å²) in [7, 11) is -1.06. The van der Waals surface area contributed by atoms with Gasteiger partial charge in [-0.15, -0.1) is 0 Å². The average molecular weight is 658 g/mol. The Morgan fingerprint density at radius 1 is 0.542 bits per heavy atom. The molecule has 5 rings (SSSR count). The summed E-state index contributed by atoms with van der Waals surface area (Å²) in [4.78, 5) is 0. The summed E-state index contributed by atoms with van der Waals surface area (Å²) in [6.45, 7) is 21.7. The molecule has 2 aliphatic heterocycles. The fourth-order valence-corrected chi connectivity index (χ4v) is 7.62. The molecule has 0 radical (unpaired) electrons. The number of benzene rings is 2. The Labute approximate surface area is 293 Å². The van der Waals surface area contributed by atoms with Crippen LogP contribution in [0, 0.1) is 0 Å². The van der Waals surface area contributed by atoms with E-state index in [0.717, 1.165) is 10.9 Å². The Balaban J connectivity index is 1.66. The summed E-state index contributed by atoms with van der Waals surface area (Å²) >= 11 is 0. The number of hydrogen-bond donors (Lipinski definition) is 0. The second kappa shape index (κ2) is 15.2. The van der Waals surface area contributed by atoms with Crippen molar-refractivity contribution in [2.45, 2.75) is 188 Å². The Hall–Kier alpha value is -1.79. The van der Waals surface area contributed by atoms with Crippen molar-refractivity contribution in [1.82, 2.24) is 4.57 Å². The summed E-state index contributed by atoms with van der Waals surface area (Å²) in [5.41, 5.74) is 2.76. The molecule has 0 N–H and O–H groups in total. The fourth-order valence-electron chi connectivity index (χ4n) is 7.62. The van der Waals surface area contributed by atoms with Crippen molar-refractivity contribution >= 4 is 47.0 Å². The first-order chi connectivity index (χ1) is 22.7. The maximum atomic E-state index is 6.92. The third-order valence-corrected chi connectivity index (χ3v) is 12.1. The van der Waals surface area contributed by atoms with Crippen LogP contribution in [0.1, 0.15) is 165 Å². The number of nitrogens with zero attached hydrogens (tertiary/aromatic N) is 1. The van der Waals surface area contributed by atoms with Gasteiger partial charge in [-0.05, 0) is 79.8 Å². The van der Waals surface area contributed by atoms with Crippen LogP contribution in [0.25, 0.3) is 21.8 Å². The Morgan fingerprint density at radius 3 is 1.52 bits per heavy atom. The fraction of sp³-hybridized carbons (Fsp3) is 0.707. The summed E-state index contributed by atoms with van der Waals surface area (Å²) in [5, 5.41) is 2.55. The van der Waals surface area contributed by atoms with E-state index in [1.165, 1.54) is 112 Å². The molecule has 48 heavy (non-hydrogen) atoms. The molecule has 2 aromatic carbocycles. The smallest absolute Gasteiger partial charge is 0.399 e. The van der Waals surface area contributed by atoms with Crippen LogP contribution in [0.15, 0.2) is 36.4 Å². The highest BCUT2D eigenvalue weighted by Gasteiger charge is 2.57. The van der Waals surface area contributed by atoms with Crippen LogP contribution in [0.2, 0.25) is 0 Å². The first kappa shape index (κ1) is 37.5. The molecule has 5 nitrogen and oxygen atoms in total. The summed E-state index contributed by atoms with van der Waals surface area (Å²) in [5.74, 6) is 0. The van der Waals surface area contributed by atoms with Gasteiger partial charge in [0, 0.05) is 33.3 Å². The molecule has 0 bridgehead atoms. The number of hydrogen-bond acceptors (Lipinski definition) is 4. The van der Waals surface area contributed by atoms with Gasteiger partial charge in [0.2, 0.25) is 0 Å². The van der Waals surface area contributed by atoms with Gasteiger partial charge in [0.1, 0.15) is 0 Å². The van der Waals surface area contributed by atoms with E-state index in [4.69, 9.17) is 18.6 Å². The van der Waals surface area contributed by atoms with Crippen molar-refractivity contribution in [1.29, 1.82) is 0 Å². The molecule has 3 aromatic rings. The predicted octanol–water partition coefficient (Wildman–Crippen LogP) is 10.4. The van der Waals surface area contributed by atoms with Gasteiger partial charge < -0.3 is 23.2 Å². The van der Waals surface area contributed by atoms with Crippen molar-refractivity contribution < 1.29 is 18.6 Å². The molecule has 2 aliphatic rings. The topological polar surface area (TPSA) is 41.9 Å². The molecule has 3 heterocycles. The number of fused-ring (bicyclic) bond motifs is 3. The second-order valence-electron chi connectivity index (χ2n) is 16.8. The molecule has 0 amide bonds. The van der Waals surface area contributed by atoms with E-state index in [2.05, 4.69) is 110 Å². The average Bonchev–Trinajstić information content (AvgIpc) is 3.55. The largest absolute Gasteiger partial charge is 0.496 e. The van der Waals surface area contributed by atoms with E-state index in [1.807, 2.05) is 0 Å². The number of rotatable bonds is 17. The Bertz CT molecular complexity index is 1460. The molecule has 264 valence electrons. The van der Waals surface area contributed by atoms with Crippen LogP contribution in [0.5, 0.6) is 0 Å². The second-order valence-corrected chi connectivity index (χ2v) is 16.8. The SMILES string of the molecule is CCCCCCCCC(CCCCCCCC)n1c2ccccc2c2ccc(B3OC(C)(C)C(C)(C)O3)c(B3OC(C)(C)C(C)(C)O3)c21. The normalized spacial score (nSPS) is 19.8. The van der Waals surface area contributed by atoms with Crippen LogP contribution in [0.3, 0.4) is 0 Å². The van der Waals surface area contributed by atoms with Crippen LogP contribution in [-0.4, -0.2) is 41.2 Å². The minimum atomic E-state index is -0.542. The zero-order chi connectivity index (χ0) is 34.7. The number of aromatic nitrogens is 1. The van der Waals surface area contributed by atoms with Gasteiger partial charge in [-0.2, -0.15) is 0 Å². The molecule has 0 atom stereocenters. The first-order valence-electron chi connectivity index (χ1n) is 19.5. The lowest BCUT2D eigenvalue weighted by Gasteiger charge is -2.32. The number of unbranched alkanes of at least 4 members (excludes halogenated alkanes) is 10. The predicted molar refractivity (Wildman–Crippen MR) is 206 cm³/mol. The van der Waals surface area contributed by atoms with Gasteiger partial charge in [0.15, 0.2) is 0 Å². The van der Waals surface area contributed by atoms with E-state index in [1.54, 1.807) is 0 Å². The zero-order valence-electron chi connectivity index (χ0n) is 32.2. The maximum absolute atomic E-state index is 6.92. The van der Waals surface area contributed by atoms with Crippen molar-refractivity contribution in [2.24, 2.45) is 0 Å². The highest BCUT2D eigenvalue weighted by atomic mass is 16.7. The molecule has 2 fully saturated rings. The van der Waals surface area contributed by atoms with Gasteiger partial charge >= 0.3 is 14.2 Å². The number of para-hydroxylation sites is 1. The third kappa shape index (κ3) is 7.60. The molecule has 7 heteroatoms. The summed E-state index contributed by atoms with van der Waals surface area (Å²) in [6.07, 6.45) is 18.1. The lowest BCUT2D eigenvalue weighted by molar-refractivity contribution is 0.00578. The van der Waals surface area contributed by atoms with Crippen molar-refractivity contribution in [2.75, 3.05) is 0 Å². The van der Waals surface area contributed by atoms with E-state index >= 15 is 0 Å². The van der Waals surface area contributed by atoms with E-state index in [9.17, 15) is 0 Å². The highest BCUT2D eigenvalue weighted by Crippen LogP contribution is 2.41. The molecule has 1 aromatic heterocycles. The quantitative estimate of drug-likeness (QED) is 0.107. The zero-order valence-corrected chi connectivity index (χ0v) is 32.2. The Morgan fingerprint density at radius 2 is 1.00 bits per heavy atom. The van der Waals surface area contributed by atoms with E-state index in [-0.39, 0.29) is 0 Å². The third-order valence-electron chi connectivity index (χ3n) is 12.1. The summed E-state index contributed by atoms with van der Waals surface area (Å²) in [6, 6.07) is 13.9. The molecular formula is C41H65B2NO4. The van der Waals surface area contributed by atoms with Crippen LogP contribution in [-0.2, 0) is 18.6 Å². The van der Waals surface area contributed by atoms with Crippen LogP contribution < -0.4 is 10.9 Å². The minimum Gasteiger partial charge on any atom is -0.399 e. The van der Waals surface area contributed by atoms with Gasteiger partial charge in [0.25, 0.3) is 0 Å². The molecule has 0 spiro atoms. The van der Waals surface area contributed by atoms with Crippen molar-refractivity contribution in [3.05, 3.63) is 36.4 Å². The molecule has 0 saturated carbocycles. The summed E-state index contributed by atoms with van der Waals surface area (Å²) < 4.78 is 30.0. The lowest BCUT2D eigenvalue weighted by Crippen LogP contribution is -2.52. The van der Waals surface area contributed by atoms with Crippen molar-refractivity contribution in [3.8, 4) is 0 Å². The highest BCUT2D eigenvalue weighted by molar-refractivity contribution is 6.76. The first-order valence-corrected chi connectivity index (χ1v) is 19.5. The van der Waals surface area contributed by atoms with Gasteiger partial charge in [-0.25, -0.2) is 0 Å².